The average Bonchev–Trinajstić information content (AvgIpc) is 3.05. The van der Waals surface area contributed by atoms with Crippen molar-refractivity contribution in [2.45, 2.75) is 5.37 Å². The Balaban J connectivity index is 1.71. The van der Waals surface area contributed by atoms with Crippen molar-refractivity contribution in [3.8, 4) is 11.5 Å². The Hall–Kier alpha value is -2.43. The Morgan fingerprint density at radius 1 is 0.923 bits per heavy atom. The fourth-order valence-electron chi connectivity index (χ4n) is 2.92. The van der Waals surface area contributed by atoms with Crippen molar-refractivity contribution < 1.29 is 9.53 Å². The first kappa shape index (κ1) is 17.0. The summed E-state index contributed by atoms with van der Waals surface area (Å²) in [4.78, 5) is 14.5. The molecule has 1 amide bonds. The number of thioether (sulfide) groups is 1. The minimum atomic E-state index is -0.0970. The zero-order valence-electron chi connectivity index (χ0n) is 13.8. The molecule has 0 aliphatic carbocycles. The maximum Gasteiger partial charge on any atom is 0.238 e. The smallest absolute Gasteiger partial charge is 0.238 e. The third-order valence-electron chi connectivity index (χ3n) is 4.12. The van der Waals surface area contributed by atoms with Gasteiger partial charge >= 0.3 is 0 Å². The van der Waals surface area contributed by atoms with E-state index in [-0.39, 0.29) is 11.3 Å². The quantitative estimate of drug-likeness (QED) is 0.562. The molecule has 5 heteroatoms. The van der Waals surface area contributed by atoms with Crippen LogP contribution < -0.4 is 9.64 Å². The van der Waals surface area contributed by atoms with E-state index in [1.807, 2.05) is 83.8 Å². The summed E-state index contributed by atoms with van der Waals surface area (Å²) in [6, 6.07) is 24.8. The summed E-state index contributed by atoms with van der Waals surface area (Å²) in [7, 11) is 0. The van der Waals surface area contributed by atoms with Crippen molar-refractivity contribution in [1.82, 2.24) is 0 Å². The first-order chi connectivity index (χ1) is 12.7. The van der Waals surface area contributed by atoms with Gasteiger partial charge in [-0.15, -0.1) is 11.8 Å². The van der Waals surface area contributed by atoms with Gasteiger partial charge in [0.2, 0.25) is 5.91 Å². The molecule has 3 aromatic carbocycles. The van der Waals surface area contributed by atoms with Crippen molar-refractivity contribution in [3.05, 3.63) is 89.4 Å². The van der Waals surface area contributed by atoms with E-state index in [2.05, 4.69) is 0 Å². The summed E-state index contributed by atoms with van der Waals surface area (Å²) < 4.78 is 6.05. The van der Waals surface area contributed by atoms with Gasteiger partial charge in [-0.2, -0.15) is 0 Å². The molecule has 26 heavy (non-hydrogen) atoms. The van der Waals surface area contributed by atoms with Gasteiger partial charge in [-0.1, -0.05) is 54.1 Å². The van der Waals surface area contributed by atoms with Crippen molar-refractivity contribution >= 4 is 35.0 Å². The number of rotatable bonds is 4. The number of para-hydroxylation sites is 3. The second-order valence-electron chi connectivity index (χ2n) is 5.86. The molecule has 0 aromatic heterocycles. The number of hydrogen-bond acceptors (Lipinski definition) is 3. The van der Waals surface area contributed by atoms with E-state index in [1.165, 1.54) is 0 Å². The Morgan fingerprint density at radius 3 is 2.38 bits per heavy atom. The van der Waals surface area contributed by atoms with Gasteiger partial charge in [0, 0.05) is 5.02 Å². The number of carbonyl (C=O) groups is 1. The van der Waals surface area contributed by atoms with Gasteiger partial charge in [0.05, 0.1) is 11.4 Å². The molecule has 4 rings (SSSR count). The highest BCUT2D eigenvalue weighted by atomic mass is 35.5. The second-order valence-corrected chi connectivity index (χ2v) is 7.37. The van der Waals surface area contributed by atoms with E-state index in [9.17, 15) is 4.79 Å². The van der Waals surface area contributed by atoms with Crippen LogP contribution in [0.15, 0.2) is 78.9 Å². The molecule has 0 unspecified atom stereocenters. The number of halogens is 1. The summed E-state index contributed by atoms with van der Waals surface area (Å²) in [5, 5.41) is 0.586. The van der Waals surface area contributed by atoms with Gasteiger partial charge in [-0.05, 0) is 42.0 Å². The van der Waals surface area contributed by atoms with Crippen LogP contribution in [0.3, 0.4) is 0 Å². The van der Waals surface area contributed by atoms with Crippen molar-refractivity contribution in [2.75, 3.05) is 10.7 Å². The van der Waals surface area contributed by atoms with Crippen molar-refractivity contribution in [3.63, 3.8) is 0 Å². The zero-order chi connectivity index (χ0) is 17.9. The van der Waals surface area contributed by atoms with Crippen LogP contribution in [-0.4, -0.2) is 11.7 Å². The first-order valence-electron chi connectivity index (χ1n) is 8.23. The molecule has 0 radical (unpaired) electrons. The van der Waals surface area contributed by atoms with E-state index < -0.39 is 0 Å². The molecule has 1 saturated heterocycles. The summed E-state index contributed by atoms with van der Waals surface area (Å²) in [5.41, 5.74) is 1.81. The van der Waals surface area contributed by atoms with Crippen LogP contribution in [0.2, 0.25) is 5.02 Å². The topological polar surface area (TPSA) is 29.5 Å². The van der Waals surface area contributed by atoms with Crippen LogP contribution >= 0.6 is 23.4 Å². The van der Waals surface area contributed by atoms with Crippen LogP contribution in [0.1, 0.15) is 10.9 Å². The van der Waals surface area contributed by atoms with Crippen LogP contribution in [0.5, 0.6) is 11.5 Å². The third-order valence-corrected chi connectivity index (χ3v) is 5.58. The summed E-state index contributed by atoms with van der Waals surface area (Å²) in [6.45, 7) is 0. The predicted molar refractivity (Wildman–Crippen MR) is 107 cm³/mol. The fraction of sp³-hybridized carbons (Fsp3) is 0.0952. The molecule has 3 nitrogen and oxygen atoms in total. The average molecular weight is 382 g/mol. The Morgan fingerprint density at radius 2 is 1.62 bits per heavy atom. The normalized spacial score (nSPS) is 16.7. The minimum absolute atomic E-state index is 0.0686. The van der Waals surface area contributed by atoms with E-state index in [4.69, 9.17) is 16.3 Å². The fourth-order valence-corrected chi connectivity index (χ4v) is 4.21. The maximum atomic E-state index is 12.7. The highest BCUT2D eigenvalue weighted by molar-refractivity contribution is 8.00. The van der Waals surface area contributed by atoms with Crippen LogP contribution in [0, 0.1) is 0 Å². The largest absolute Gasteiger partial charge is 0.455 e. The summed E-state index contributed by atoms with van der Waals surface area (Å²) in [5.74, 6) is 1.90. The molecule has 1 fully saturated rings. The number of carbonyl (C=O) groups excluding carboxylic acids is 1. The summed E-state index contributed by atoms with van der Waals surface area (Å²) >= 11 is 7.61. The first-order valence-corrected chi connectivity index (χ1v) is 9.66. The minimum Gasteiger partial charge on any atom is -0.455 e. The van der Waals surface area contributed by atoms with Gasteiger partial charge in [0.15, 0.2) is 5.75 Å². The molecular weight excluding hydrogens is 366 g/mol. The number of ether oxygens (including phenoxy) is 1. The molecule has 1 heterocycles. The van der Waals surface area contributed by atoms with Gasteiger partial charge in [-0.25, -0.2) is 0 Å². The lowest BCUT2D eigenvalue weighted by molar-refractivity contribution is -0.115. The molecule has 0 spiro atoms. The summed E-state index contributed by atoms with van der Waals surface area (Å²) in [6.07, 6.45) is 0. The predicted octanol–water partition coefficient (Wildman–Crippen LogP) is 5.91. The molecule has 1 aliphatic heterocycles. The van der Waals surface area contributed by atoms with Crippen molar-refractivity contribution in [1.29, 1.82) is 0 Å². The molecule has 1 aliphatic rings. The Bertz CT molecular complexity index is 915. The molecule has 0 bridgehead atoms. The number of nitrogens with zero attached hydrogens (tertiary/aromatic N) is 1. The molecule has 0 N–H and O–H groups in total. The molecular formula is C21H16ClNO2S. The number of hydrogen-bond donors (Lipinski definition) is 0. The third kappa shape index (κ3) is 3.43. The van der Waals surface area contributed by atoms with Gasteiger partial charge in [0.25, 0.3) is 0 Å². The lowest BCUT2D eigenvalue weighted by atomic mass is 10.2. The Kier molecular flexibility index (Phi) is 4.87. The molecule has 3 aromatic rings. The second kappa shape index (κ2) is 7.44. The number of amides is 1. The van der Waals surface area contributed by atoms with Crippen LogP contribution in [0.4, 0.5) is 5.69 Å². The van der Waals surface area contributed by atoms with Crippen molar-refractivity contribution in [2.24, 2.45) is 0 Å². The van der Waals surface area contributed by atoms with Gasteiger partial charge in [-0.3, -0.25) is 9.69 Å². The standard InChI is InChI=1S/C21H16ClNO2S/c22-16-12-10-15(11-13-16)21-23(20(24)14-26-21)18-8-4-5-9-19(18)25-17-6-2-1-3-7-17/h1-13,21H,14H2/t21-/m1/s1. The van der Waals surface area contributed by atoms with E-state index in [0.29, 0.717) is 16.5 Å². The highest BCUT2D eigenvalue weighted by Crippen LogP contribution is 2.45. The Labute approximate surface area is 161 Å². The molecule has 0 saturated carbocycles. The molecule has 130 valence electrons. The van der Waals surface area contributed by atoms with Crippen LogP contribution in [0.25, 0.3) is 0 Å². The zero-order valence-corrected chi connectivity index (χ0v) is 15.4. The number of benzene rings is 3. The van der Waals surface area contributed by atoms with Crippen LogP contribution in [-0.2, 0) is 4.79 Å². The van der Waals surface area contributed by atoms with Gasteiger partial charge in [0.1, 0.15) is 11.1 Å². The van der Waals surface area contributed by atoms with E-state index >= 15 is 0 Å². The number of anilines is 1. The molecule has 1 atom stereocenters. The highest BCUT2D eigenvalue weighted by Gasteiger charge is 2.35. The monoisotopic (exact) mass is 381 g/mol. The van der Waals surface area contributed by atoms with Gasteiger partial charge < -0.3 is 4.74 Å². The van der Waals surface area contributed by atoms with E-state index in [1.54, 1.807) is 11.8 Å². The SMILES string of the molecule is O=C1CS[C@H](c2ccc(Cl)cc2)N1c1ccccc1Oc1ccccc1. The maximum absolute atomic E-state index is 12.7. The lowest BCUT2D eigenvalue weighted by Crippen LogP contribution is -2.28. The lowest BCUT2D eigenvalue weighted by Gasteiger charge is -2.26. The van der Waals surface area contributed by atoms with E-state index in [0.717, 1.165) is 17.0 Å².